The van der Waals surface area contributed by atoms with Gasteiger partial charge in [0.05, 0.1) is 12.7 Å². The summed E-state index contributed by atoms with van der Waals surface area (Å²) in [7, 11) is 1.21. The highest BCUT2D eigenvalue weighted by molar-refractivity contribution is 6.15. The minimum absolute atomic E-state index is 0.0694. The molecule has 0 bridgehead atoms. The predicted molar refractivity (Wildman–Crippen MR) is 52.4 cm³/mol. The van der Waals surface area contributed by atoms with Gasteiger partial charge in [0.2, 0.25) is 0 Å². The molecular weight excluding hydrogens is 202 g/mol. The molecule has 0 radical (unpaired) electrons. The second-order valence-corrected chi connectivity index (χ2v) is 2.90. The average molecular weight is 212 g/mol. The highest BCUT2D eigenvalue weighted by Gasteiger charge is 2.12. The average Bonchev–Trinajstić information content (AvgIpc) is 2.27. The van der Waals surface area contributed by atoms with Crippen molar-refractivity contribution in [3.05, 3.63) is 42.0 Å². The Balaban J connectivity index is 3.00. The number of hydrogen-bond donors (Lipinski definition) is 0. The third kappa shape index (κ3) is 2.62. The number of halogens is 2. The molecule has 80 valence electrons. The number of benzene rings is 1. The molecule has 1 rings (SSSR count). The van der Waals surface area contributed by atoms with E-state index in [0.29, 0.717) is 5.56 Å². The highest BCUT2D eigenvalue weighted by Crippen LogP contribution is 2.22. The van der Waals surface area contributed by atoms with Crippen molar-refractivity contribution < 1.29 is 18.3 Å². The Kier molecular flexibility index (Phi) is 3.55. The number of carbonyl (C=O) groups is 1. The van der Waals surface area contributed by atoms with E-state index < -0.39 is 12.4 Å². The van der Waals surface area contributed by atoms with Crippen LogP contribution in [0.25, 0.3) is 5.57 Å². The molecule has 1 aromatic carbocycles. The zero-order valence-corrected chi connectivity index (χ0v) is 8.17. The van der Waals surface area contributed by atoms with Crippen molar-refractivity contribution in [3.8, 4) is 0 Å². The summed E-state index contributed by atoms with van der Waals surface area (Å²) < 4.78 is 29.1. The van der Waals surface area contributed by atoms with Crippen LogP contribution in [0.2, 0.25) is 0 Å². The van der Waals surface area contributed by atoms with Crippen LogP contribution in [-0.2, 0) is 9.53 Å². The van der Waals surface area contributed by atoms with Gasteiger partial charge in [0.15, 0.2) is 0 Å². The third-order valence-electron chi connectivity index (χ3n) is 1.92. The number of esters is 1. The molecule has 0 fully saturated rings. The van der Waals surface area contributed by atoms with E-state index in [1.165, 1.54) is 31.4 Å². The molecule has 0 saturated carbocycles. The van der Waals surface area contributed by atoms with Crippen LogP contribution in [-0.4, -0.2) is 13.1 Å². The lowest BCUT2D eigenvalue weighted by molar-refractivity contribution is -0.133. The molecule has 0 aliphatic carbocycles. The molecule has 0 saturated heterocycles. The van der Waals surface area contributed by atoms with E-state index in [0.717, 1.165) is 0 Å². The summed E-state index contributed by atoms with van der Waals surface area (Å²) in [5.41, 5.74) is 0.275. The fourth-order valence-electron chi connectivity index (χ4n) is 1.10. The van der Waals surface area contributed by atoms with Gasteiger partial charge in [-0.25, -0.2) is 13.6 Å². The molecule has 0 spiro atoms. The first-order valence-corrected chi connectivity index (χ1v) is 4.22. The van der Waals surface area contributed by atoms with E-state index in [-0.39, 0.29) is 11.1 Å². The molecule has 0 aromatic heterocycles. The minimum Gasteiger partial charge on any atom is -0.465 e. The van der Waals surface area contributed by atoms with E-state index in [1.807, 2.05) is 0 Å². The van der Waals surface area contributed by atoms with Crippen LogP contribution in [0.4, 0.5) is 8.78 Å². The van der Waals surface area contributed by atoms with Crippen molar-refractivity contribution in [3.63, 3.8) is 0 Å². The number of ether oxygens (including phenoxy) is 1. The number of alkyl halides is 2. The maximum atomic E-state index is 12.3. The SMILES string of the molecule is C=C(C(=O)OC)c1cccc(C(F)F)c1. The first-order chi connectivity index (χ1) is 7.06. The standard InChI is InChI=1S/C11H10F2O2/c1-7(11(14)15-2)8-4-3-5-9(6-8)10(12)13/h3-6,10H,1H2,2H3. The first-order valence-electron chi connectivity index (χ1n) is 4.22. The Hall–Kier alpha value is -1.71. The van der Waals surface area contributed by atoms with Crippen LogP contribution >= 0.6 is 0 Å². The van der Waals surface area contributed by atoms with Gasteiger partial charge in [-0.3, -0.25) is 0 Å². The van der Waals surface area contributed by atoms with Gasteiger partial charge < -0.3 is 4.74 Å². The van der Waals surface area contributed by atoms with E-state index in [1.54, 1.807) is 0 Å². The number of hydrogen-bond acceptors (Lipinski definition) is 2. The van der Waals surface area contributed by atoms with E-state index in [2.05, 4.69) is 11.3 Å². The second kappa shape index (κ2) is 4.68. The molecule has 2 nitrogen and oxygen atoms in total. The third-order valence-corrected chi connectivity index (χ3v) is 1.92. The van der Waals surface area contributed by atoms with E-state index in [9.17, 15) is 13.6 Å². The molecule has 0 heterocycles. The summed E-state index contributed by atoms with van der Waals surface area (Å²) in [6.45, 7) is 3.48. The zero-order chi connectivity index (χ0) is 11.4. The Bertz CT molecular complexity index is 386. The van der Waals surface area contributed by atoms with Crippen molar-refractivity contribution >= 4 is 11.5 Å². The summed E-state index contributed by atoms with van der Waals surface area (Å²) in [5.74, 6) is -0.624. The Labute approximate surface area is 86.2 Å². The van der Waals surface area contributed by atoms with Crippen molar-refractivity contribution in [2.24, 2.45) is 0 Å². The van der Waals surface area contributed by atoms with Crippen LogP contribution in [0, 0.1) is 0 Å². The summed E-state index contributed by atoms with van der Waals surface area (Å²) >= 11 is 0. The van der Waals surface area contributed by atoms with Crippen molar-refractivity contribution in [1.82, 2.24) is 0 Å². The number of methoxy groups -OCH3 is 1. The van der Waals surface area contributed by atoms with Crippen molar-refractivity contribution in [2.45, 2.75) is 6.43 Å². The topological polar surface area (TPSA) is 26.3 Å². The fraction of sp³-hybridized carbons (Fsp3) is 0.182. The van der Waals surface area contributed by atoms with Crippen LogP contribution in [0.5, 0.6) is 0 Å². The van der Waals surface area contributed by atoms with Gasteiger partial charge in [0, 0.05) is 5.56 Å². The van der Waals surface area contributed by atoms with E-state index >= 15 is 0 Å². The maximum Gasteiger partial charge on any atom is 0.337 e. The van der Waals surface area contributed by atoms with Crippen LogP contribution < -0.4 is 0 Å². The minimum atomic E-state index is -2.56. The van der Waals surface area contributed by atoms with Gasteiger partial charge in [-0.05, 0) is 11.6 Å². The van der Waals surface area contributed by atoms with Gasteiger partial charge in [-0.1, -0.05) is 24.8 Å². The lowest BCUT2D eigenvalue weighted by Gasteiger charge is -2.05. The monoisotopic (exact) mass is 212 g/mol. The molecule has 1 aromatic rings. The largest absolute Gasteiger partial charge is 0.465 e. The Morgan fingerprint density at radius 3 is 2.67 bits per heavy atom. The molecule has 0 N–H and O–H groups in total. The van der Waals surface area contributed by atoms with Crippen LogP contribution in [0.1, 0.15) is 17.6 Å². The van der Waals surface area contributed by atoms with Crippen molar-refractivity contribution in [1.29, 1.82) is 0 Å². The molecular formula is C11H10F2O2. The lowest BCUT2D eigenvalue weighted by Crippen LogP contribution is -2.02. The first kappa shape index (κ1) is 11.4. The van der Waals surface area contributed by atoms with E-state index in [4.69, 9.17) is 0 Å². The highest BCUT2D eigenvalue weighted by atomic mass is 19.3. The Morgan fingerprint density at radius 2 is 2.13 bits per heavy atom. The summed E-state index contributed by atoms with van der Waals surface area (Å²) in [5, 5.41) is 0. The molecule has 4 heteroatoms. The van der Waals surface area contributed by atoms with Gasteiger partial charge in [0.1, 0.15) is 0 Å². The van der Waals surface area contributed by atoms with Gasteiger partial charge in [-0.2, -0.15) is 0 Å². The van der Waals surface area contributed by atoms with Crippen molar-refractivity contribution in [2.75, 3.05) is 7.11 Å². The summed E-state index contributed by atoms with van der Waals surface area (Å²) in [6.07, 6.45) is -2.56. The fourth-order valence-corrected chi connectivity index (χ4v) is 1.10. The summed E-state index contributed by atoms with van der Waals surface area (Å²) in [6, 6.07) is 5.50. The van der Waals surface area contributed by atoms with Gasteiger partial charge >= 0.3 is 5.97 Å². The smallest absolute Gasteiger partial charge is 0.337 e. The normalized spacial score (nSPS) is 10.1. The van der Waals surface area contributed by atoms with Crippen LogP contribution in [0.15, 0.2) is 30.8 Å². The molecule has 0 amide bonds. The van der Waals surface area contributed by atoms with Crippen LogP contribution in [0.3, 0.4) is 0 Å². The quantitative estimate of drug-likeness (QED) is 0.568. The molecule has 0 atom stereocenters. The zero-order valence-electron chi connectivity index (χ0n) is 8.17. The molecule has 15 heavy (non-hydrogen) atoms. The molecule has 0 unspecified atom stereocenters. The number of carbonyl (C=O) groups excluding carboxylic acids is 1. The van der Waals surface area contributed by atoms with Gasteiger partial charge in [0.25, 0.3) is 6.43 Å². The second-order valence-electron chi connectivity index (χ2n) is 2.90. The lowest BCUT2D eigenvalue weighted by atomic mass is 10.0. The Morgan fingerprint density at radius 1 is 1.47 bits per heavy atom. The summed E-state index contributed by atoms with van der Waals surface area (Å²) in [4.78, 5) is 11.1. The van der Waals surface area contributed by atoms with Gasteiger partial charge in [-0.15, -0.1) is 0 Å². The maximum absolute atomic E-state index is 12.3. The number of rotatable bonds is 3. The molecule has 0 aliphatic rings. The molecule has 0 aliphatic heterocycles. The predicted octanol–water partition coefficient (Wildman–Crippen LogP) is 2.81.